The van der Waals surface area contributed by atoms with Crippen molar-refractivity contribution in [1.29, 1.82) is 0 Å². The van der Waals surface area contributed by atoms with Crippen molar-refractivity contribution in [1.82, 2.24) is 0 Å². The van der Waals surface area contributed by atoms with Gasteiger partial charge in [-0.2, -0.15) is 0 Å². The highest BCUT2D eigenvalue weighted by atomic mass is 16.3. The van der Waals surface area contributed by atoms with E-state index in [1.165, 1.54) is 6.42 Å². The normalized spacial score (nSPS) is 41.4. The summed E-state index contributed by atoms with van der Waals surface area (Å²) in [5, 5.41) is 9.03. The van der Waals surface area contributed by atoms with E-state index in [0.29, 0.717) is 30.1 Å². The number of aliphatic hydroxyl groups excluding tert-OH is 1. The van der Waals surface area contributed by atoms with Crippen molar-refractivity contribution in [3.63, 3.8) is 0 Å². The molecule has 68 valence electrons. The largest absolute Gasteiger partial charge is 0.396 e. The molecule has 0 aromatic rings. The van der Waals surface area contributed by atoms with E-state index in [-0.39, 0.29) is 0 Å². The van der Waals surface area contributed by atoms with E-state index in [1.807, 2.05) is 0 Å². The molecule has 2 bridgehead atoms. The van der Waals surface area contributed by atoms with Gasteiger partial charge in [0, 0.05) is 19.4 Å². The van der Waals surface area contributed by atoms with Gasteiger partial charge in [0.2, 0.25) is 0 Å². The first-order valence-corrected chi connectivity index (χ1v) is 4.90. The maximum Gasteiger partial charge on any atom is 0.133 e. The number of Topliss-reactive ketones (excluding diaryl/α,β-unsaturated/α-hetero) is 1. The predicted octanol–water partition coefficient (Wildman–Crippen LogP) is 1.37. The number of carbonyl (C=O) groups excluding carboxylic acids is 1. The van der Waals surface area contributed by atoms with E-state index in [0.717, 1.165) is 25.7 Å². The van der Waals surface area contributed by atoms with Gasteiger partial charge in [-0.25, -0.2) is 0 Å². The van der Waals surface area contributed by atoms with Crippen LogP contribution in [0.25, 0.3) is 0 Å². The Morgan fingerprint density at radius 3 is 2.25 bits per heavy atom. The second-order valence-corrected chi connectivity index (χ2v) is 4.43. The molecule has 0 amide bonds. The number of hydrogen-bond donors (Lipinski definition) is 1. The van der Waals surface area contributed by atoms with Gasteiger partial charge < -0.3 is 5.11 Å². The standard InChI is InChI=1S/C10H16O2/c11-6-9-2-7-1-8(3-9)5-10(12)4-7/h7-9,11H,1-6H2. The molecule has 2 heteroatoms. The lowest BCUT2D eigenvalue weighted by molar-refractivity contribution is -0.124. The molecule has 0 aromatic heterocycles. The zero-order valence-corrected chi connectivity index (χ0v) is 7.33. The lowest BCUT2D eigenvalue weighted by atomic mass is 9.68. The molecule has 2 unspecified atom stereocenters. The van der Waals surface area contributed by atoms with Gasteiger partial charge >= 0.3 is 0 Å². The Morgan fingerprint density at radius 1 is 1.17 bits per heavy atom. The molecule has 2 saturated carbocycles. The van der Waals surface area contributed by atoms with Gasteiger partial charge in [0.15, 0.2) is 0 Å². The molecule has 0 heterocycles. The minimum Gasteiger partial charge on any atom is -0.396 e. The van der Waals surface area contributed by atoms with Crippen LogP contribution in [0, 0.1) is 17.8 Å². The summed E-state index contributed by atoms with van der Waals surface area (Å²) in [4.78, 5) is 11.2. The van der Waals surface area contributed by atoms with Crippen LogP contribution in [0.1, 0.15) is 32.1 Å². The number of carbonyl (C=O) groups is 1. The highest BCUT2D eigenvalue weighted by Gasteiger charge is 2.34. The molecule has 2 aliphatic rings. The SMILES string of the molecule is O=C1CC2CC(CO)CC(C1)C2. The van der Waals surface area contributed by atoms with Gasteiger partial charge in [-0.1, -0.05) is 0 Å². The van der Waals surface area contributed by atoms with Crippen LogP contribution in [-0.2, 0) is 4.79 Å². The Hall–Kier alpha value is -0.370. The van der Waals surface area contributed by atoms with E-state index in [4.69, 9.17) is 5.11 Å². The van der Waals surface area contributed by atoms with Gasteiger partial charge in [0.1, 0.15) is 5.78 Å². The molecular weight excluding hydrogens is 152 g/mol. The molecule has 2 aliphatic carbocycles. The summed E-state index contributed by atoms with van der Waals surface area (Å²) >= 11 is 0. The lowest BCUT2D eigenvalue weighted by Gasteiger charge is -2.37. The monoisotopic (exact) mass is 168 g/mol. The quantitative estimate of drug-likeness (QED) is 0.642. The van der Waals surface area contributed by atoms with Crippen LogP contribution in [0.2, 0.25) is 0 Å². The summed E-state index contributed by atoms with van der Waals surface area (Å²) in [5.41, 5.74) is 0. The molecule has 0 aromatic carbocycles. The molecule has 0 saturated heterocycles. The maximum atomic E-state index is 11.2. The Kier molecular flexibility index (Phi) is 2.18. The maximum absolute atomic E-state index is 11.2. The fourth-order valence-electron chi connectivity index (χ4n) is 2.91. The van der Waals surface area contributed by atoms with Gasteiger partial charge in [0.05, 0.1) is 0 Å². The second kappa shape index (κ2) is 3.17. The summed E-state index contributed by atoms with van der Waals surface area (Å²) in [6, 6.07) is 0. The van der Waals surface area contributed by atoms with Gasteiger partial charge in [-0.05, 0) is 37.0 Å². The van der Waals surface area contributed by atoms with E-state index in [1.54, 1.807) is 0 Å². The van der Waals surface area contributed by atoms with Gasteiger partial charge in [-0.3, -0.25) is 4.79 Å². The van der Waals surface area contributed by atoms with Crippen LogP contribution in [0.5, 0.6) is 0 Å². The van der Waals surface area contributed by atoms with Crippen LogP contribution in [0.3, 0.4) is 0 Å². The summed E-state index contributed by atoms with van der Waals surface area (Å²) in [7, 11) is 0. The molecule has 2 atom stereocenters. The van der Waals surface area contributed by atoms with Gasteiger partial charge in [0.25, 0.3) is 0 Å². The summed E-state index contributed by atoms with van der Waals surface area (Å²) < 4.78 is 0. The molecule has 12 heavy (non-hydrogen) atoms. The number of hydrogen-bond acceptors (Lipinski definition) is 2. The highest BCUT2D eigenvalue weighted by molar-refractivity contribution is 5.79. The van der Waals surface area contributed by atoms with E-state index in [9.17, 15) is 4.79 Å². The highest BCUT2D eigenvalue weighted by Crippen LogP contribution is 2.40. The smallest absolute Gasteiger partial charge is 0.133 e. The van der Waals surface area contributed by atoms with Crippen LogP contribution in [0.15, 0.2) is 0 Å². The Bertz CT molecular complexity index is 172. The first kappa shape index (κ1) is 8.24. The molecule has 2 fully saturated rings. The first-order valence-electron chi connectivity index (χ1n) is 4.90. The fourth-order valence-corrected chi connectivity index (χ4v) is 2.91. The molecule has 0 spiro atoms. The van der Waals surface area contributed by atoms with Crippen LogP contribution in [-0.4, -0.2) is 17.5 Å². The van der Waals surface area contributed by atoms with Gasteiger partial charge in [-0.15, -0.1) is 0 Å². The third-order valence-electron chi connectivity index (χ3n) is 3.29. The zero-order valence-electron chi connectivity index (χ0n) is 7.33. The second-order valence-electron chi connectivity index (χ2n) is 4.43. The third-order valence-corrected chi connectivity index (χ3v) is 3.29. The number of ketones is 1. The average molecular weight is 168 g/mol. The van der Waals surface area contributed by atoms with Crippen molar-refractivity contribution in [2.24, 2.45) is 17.8 Å². The van der Waals surface area contributed by atoms with Crippen molar-refractivity contribution >= 4 is 5.78 Å². The topological polar surface area (TPSA) is 37.3 Å². The Labute approximate surface area is 73.0 Å². The summed E-state index contributed by atoms with van der Waals surface area (Å²) in [5.74, 6) is 2.14. The minimum absolute atomic E-state index is 0.321. The molecule has 0 radical (unpaired) electrons. The molecule has 0 aliphatic heterocycles. The third kappa shape index (κ3) is 1.53. The van der Waals surface area contributed by atoms with Crippen LogP contribution >= 0.6 is 0 Å². The van der Waals surface area contributed by atoms with Crippen molar-refractivity contribution < 1.29 is 9.90 Å². The first-order chi connectivity index (χ1) is 5.78. The number of aliphatic hydroxyl groups is 1. The molecule has 1 N–H and O–H groups in total. The number of rotatable bonds is 1. The van der Waals surface area contributed by atoms with Crippen molar-refractivity contribution in [2.45, 2.75) is 32.1 Å². The van der Waals surface area contributed by atoms with E-state index in [2.05, 4.69) is 0 Å². The fraction of sp³-hybridized carbons (Fsp3) is 0.900. The van der Waals surface area contributed by atoms with Crippen LogP contribution < -0.4 is 0 Å². The lowest BCUT2D eigenvalue weighted by Crippen LogP contribution is -2.32. The average Bonchev–Trinajstić information content (AvgIpc) is 2.02. The Morgan fingerprint density at radius 2 is 1.75 bits per heavy atom. The molecule has 2 rings (SSSR count). The summed E-state index contributed by atoms with van der Waals surface area (Å²) in [6.07, 6.45) is 4.97. The van der Waals surface area contributed by atoms with E-state index >= 15 is 0 Å². The Balaban J connectivity index is 2.00. The predicted molar refractivity (Wildman–Crippen MR) is 45.6 cm³/mol. The van der Waals surface area contributed by atoms with Crippen molar-refractivity contribution in [3.05, 3.63) is 0 Å². The summed E-state index contributed by atoms with van der Waals surface area (Å²) in [6.45, 7) is 0.321. The van der Waals surface area contributed by atoms with Crippen molar-refractivity contribution in [2.75, 3.05) is 6.61 Å². The molecular formula is C10H16O2. The van der Waals surface area contributed by atoms with E-state index < -0.39 is 0 Å². The minimum atomic E-state index is 0.321. The van der Waals surface area contributed by atoms with Crippen LogP contribution in [0.4, 0.5) is 0 Å². The number of fused-ring (bicyclic) bond motifs is 2. The zero-order chi connectivity index (χ0) is 8.55. The molecule has 2 nitrogen and oxygen atoms in total. The van der Waals surface area contributed by atoms with Crippen molar-refractivity contribution in [3.8, 4) is 0 Å².